The molecule has 0 aliphatic heterocycles. The van der Waals surface area contributed by atoms with Gasteiger partial charge in [0.25, 0.3) is 0 Å². The number of nitrogens with zero attached hydrogens (tertiary/aromatic N) is 3. The number of hydrogen-bond donors (Lipinski definition) is 1. The molecule has 11 heteroatoms. The second-order valence-electron chi connectivity index (χ2n) is 9.35. The van der Waals surface area contributed by atoms with E-state index in [9.17, 15) is 26.0 Å². The Kier molecular flexibility index (Phi) is 6.05. The molecule has 0 bridgehead atoms. The average Bonchev–Trinajstić information content (AvgIpc) is 3.48. The number of nitrogens with one attached hydrogen (secondary N) is 1. The standard InChI is InChI=1S/C23H24F4N4O2S/c1-22(2,3)31-21(15-5-4-6-16(24)11-15)18(13-29-31)20(14-7-8-14)30-34(32,33)17-9-10-19(28-12-17)23(25,26)27/h4-6,9-14,20,30H,7-8H2,1-3H3/t20-/m1/s1. The molecular formula is C23H24F4N4O2S. The lowest BCUT2D eigenvalue weighted by Crippen LogP contribution is -2.31. The highest BCUT2D eigenvalue weighted by molar-refractivity contribution is 7.89. The molecule has 4 rings (SSSR count). The van der Waals surface area contributed by atoms with Crippen LogP contribution in [0.2, 0.25) is 0 Å². The number of aromatic nitrogens is 3. The van der Waals surface area contributed by atoms with Crippen molar-refractivity contribution < 1.29 is 26.0 Å². The van der Waals surface area contributed by atoms with E-state index in [-0.39, 0.29) is 10.8 Å². The van der Waals surface area contributed by atoms with Crippen LogP contribution in [0.1, 0.15) is 50.9 Å². The van der Waals surface area contributed by atoms with Gasteiger partial charge in [-0.3, -0.25) is 9.67 Å². The number of pyridine rings is 1. The lowest BCUT2D eigenvalue weighted by Gasteiger charge is -2.25. The van der Waals surface area contributed by atoms with E-state index < -0.39 is 39.3 Å². The molecule has 2 heterocycles. The molecule has 1 aromatic carbocycles. The highest BCUT2D eigenvalue weighted by Gasteiger charge is 2.39. The SMILES string of the molecule is CC(C)(C)n1ncc([C@H](NS(=O)(=O)c2ccc(C(F)(F)F)nc2)C2CC2)c1-c1cccc(F)c1. The van der Waals surface area contributed by atoms with Crippen LogP contribution in [0.5, 0.6) is 0 Å². The second kappa shape index (κ2) is 8.46. The monoisotopic (exact) mass is 496 g/mol. The first-order valence-corrected chi connectivity index (χ1v) is 12.2. The van der Waals surface area contributed by atoms with E-state index in [2.05, 4.69) is 14.8 Å². The molecule has 0 saturated heterocycles. The molecule has 1 fully saturated rings. The van der Waals surface area contributed by atoms with Gasteiger partial charge in [-0.25, -0.2) is 17.5 Å². The summed E-state index contributed by atoms with van der Waals surface area (Å²) in [6, 6.07) is 6.80. The highest BCUT2D eigenvalue weighted by Crippen LogP contribution is 2.45. The van der Waals surface area contributed by atoms with Crippen LogP contribution >= 0.6 is 0 Å². The smallest absolute Gasteiger partial charge is 0.259 e. The van der Waals surface area contributed by atoms with E-state index in [1.54, 1.807) is 23.0 Å². The Morgan fingerprint density at radius 1 is 1.09 bits per heavy atom. The van der Waals surface area contributed by atoms with Crippen LogP contribution in [0.3, 0.4) is 0 Å². The van der Waals surface area contributed by atoms with Gasteiger partial charge in [-0.1, -0.05) is 12.1 Å². The molecule has 0 unspecified atom stereocenters. The van der Waals surface area contributed by atoms with Crippen LogP contribution in [-0.2, 0) is 21.7 Å². The van der Waals surface area contributed by atoms with Crippen molar-refractivity contribution >= 4 is 10.0 Å². The maximum Gasteiger partial charge on any atom is 0.433 e. The second-order valence-corrected chi connectivity index (χ2v) is 11.1. The predicted octanol–water partition coefficient (Wildman–Crippen LogP) is 5.29. The molecule has 0 spiro atoms. The van der Waals surface area contributed by atoms with E-state index in [0.29, 0.717) is 29.1 Å². The Bertz CT molecular complexity index is 1290. The van der Waals surface area contributed by atoms with E-state index >= 15 is 0 Å². The molecule has 3 aromatic rings. The lowest BCUT2D eigenvalue weighted by molar-refractivity contribution is -0.141. The number of halogens is 4. The van der Waals surface area contributed by atoms with Crippen molar-refractivity contribution in [1.82, 2.24) is 19.5 Å². The maximum absolute atomic E-state index is 14.1. The third-order valence-electron chi connectivity index (χ3n) is 5.58. The number of alkyl halides is 3. The van der Waals surface area contributed by atoms with Gasteiger partial charge in [-0.15, -0.1) is 0 Å². The van der Waals surface area contributed by atoms with E-state index in [4.69, 9.17) is 0 Å². The molecule has 2 aromatic heterocycles. The highest BCUT2D eigenvalue weighted by atomic mass is 32.2. The Hall–Kier alpha value is -2.79. The Morgan fingerprint density at radius 3 is 2.32 bits per heavy atom. The molecule has 0 amide bonds. The Labute approximate surface area is 195 Å². The molecule has 0 radical (unpaired) electrons. The minimum absolute atomic E-state index is 0.0258. The fourth-order valence-electron chi connectivity index (χ4n) is 3.81. The van der Waals surface area contributed by atoms with E-state index in [1.165, 1.54) is 12.1 Å². The first kappa shape index (κ1) is 24.3. The molecular weight excluding hydrogens is 472 g/mol. The fraction of sp³-hybridized carbons (Fsp3) is 0.391. The first-order chi connectivity index (χ1) is 15.8. The van der Waals surface area contributed by atoms with Crippen molar-refractivity contribution in [2.24, 2.45) is 5.92 Å². The molecule has 1 saturated carbocycles. The van der Waals surface area contributed by atoms with Gasteiger partial charge in [0.2, 0.25) is 10.0 Å². The fourth-order valence-corrected chi connectivity index (χ4v) is 5.04. The van der Waals surface area contributed by atoms with E-state index in [0.717, 1.165) is 18.9 Å². The van der Waals surface area contributed by atoms with Gasteiger partial charge in [0.15, 0.2) is 0 Å². The Balaban J connectivity index is 1.76. The topological polar surface area (TPSA) is 76.9 Å². The maximum atomic E-state index is 14.1. The summed E-state index contributed by atoms with van der Waals surface area (Å²) in [7, 11) is -4.20. The third kappa shape index (κ3) is 5.00. The predicted molar refractivity (Wildman–Crippen MR) is 118 cm³/mol. The molecule has 182 valence electrons. The largest absolute Gasteiger partial charge is 0.433 e. The van der Waals surface area contributed by atoms with Crippen molar-refractivity contribution in [1.29, 1.82) is 0 Å². The summed E-state index contributed by atoms with van der Waals surface area (Å²) in [6.45, 7) is 5.78. The normalized spacial score (nSPS) is 16.0. The summed E-state index contributed by atoms with van der Waals surface area (Å²) in [5.74, 6) is -0.466. The molecule has 1 atom stereocenters. The van der Waals surface area contributed by atoms with Crippen LogP contribution in [-0.4, -0.2) is 23.2 Å². The van der Waals surface area contributed by atoms with Crippen molar-refractivity contribution in [2.45, 2.75) is 56.3 Å². The summed E-state index contributed by atoms with van der Waals surface area (Å²) < 4.78 is 83.1. The first-order valence-electron chi connectivity index (χ1n) is 10.7. The number of hydrogen-bond acceptors (Lipinski definition) is 4. The summed E-state index contributed by atoms with van der Waals surface area (Å²) in [6.07, 6.45) is -0.875. The molecule has 1 aliphatic rings. The van der Waals surface area contributed by atoms with Crippen LogP contribution in [0.15, 0.2) is 53.7 Å². The Morgan fingerprint density at radius 2 is 1.79 bits per heavy atom. The number of rotatable bonds is 6. The quantitative estimate of drug-likeness (QED) is 0.471. The zero-order chi connectivity index (χ0) is 24.9. The summed E-state index contributed by atoms with van der Waals surface area (Å²) in [5.41, 5.74) is 0.0432. The molecule has 34 heavy (non-hydrogen) atoms. The zero-order valence-corrected chi connectivity index (χ0v) is 19.6. The summed E-state index contributed by atoms with van der Waals surface area (Å²) >= 11 is 0. The third-order valence-corrected chi connectivity index (χ3v) is 7.00. The van der Waals surface area contributed by atoms with Crippen LogP contribution in [0.4, 0.5) is 17.6 Å². The van der Waals surface area contributed by atoms with Crippen LogP contribution in [0, 0.1) is 11.7 Å². The van der Waals surface area contributed by atoms with Crippen molar-refractivity contribution in [3.05, 3.63) is 65.9 Å². The molecule has 6 nitrogen and oxygen atoms in total. The molecule has 1 N–H and O–H groups in total. The van der Waals surface area contributed by atoms with Gasteiger partial charge >= 0.3 is 6.18 Å². The number of sulfonamides is 1. The van der Waals surface area contributed by atoms with Gasteiger partial charge in [0, 0.05) is 17.3 Å². The van der Waals surface area contributed by atoms with Crippen molar-refractivity contribution in [2.75, 3.05) is 0 Å². The number of benzene rings is 1. The van der Waals surface area contributed by atoms with Gasteiger partial charge in [-0.2, -0.15) is 18.3 Å². The van der Waals surface area contributed by atoms with Gasteiger partial charge in [0.05, 0.1) is 23.5 Å². The zero-order valence-electron chi connectivity index (χ0n) is 18.8. The van der Waals surface area contributed by atoms with Crippen LogP contribution < -0.4 is 4.72 Å². The average molecular weight is 497 g/mol. The molecule has 1 aliphatic carbocycles. The minimum atomic E-state index is -4.67. The van der Waals surface area contributed by atoms with Gasteiger partial charge in [-0.05, 0) is 63.8 Å². The lowest BCUT2D eigenvalue weighted by atomic mass is 9.98. The van der Waals surface area contributed by atoms with Crippen molar-refractivity contribution in [3.8, 4) is 11.3 Å². The van der Waals surface area contributed by atoms with Gasteiger partial charge in [0.1, 0.15) is 16.4 Å². The van der Waals surface area contributed by atoms with Gasteiger partial charge < -0.3 is 0 Å². The van der Waals surface area contributed by atoms with Crippen molar-refractivity contribution in [3.63, 3.8) is 0 Å². The summed E-state index contributed by atoms with van der Waals surface area (Å²) in [5, 5.41) is 4.49. The minimum Gasteiger partial charge on any atom is -0.259 e. The summed E-state index contributed by atoms with van der Waals surface area (Å²) in [4.78, 5) is 2.89. The van der Waals surface area contributed by atoms with Crippen LogP contribution in [0.25, 0.3) is 11.3 Å². The van der Waals surface area contributed by atoms with E-state index in [1.807, 2.05) is 20.8 Å².